The van der Waals surface area contributed by atoms with Gasteiger partial charge in [0, 0.05) is 69.3 Å². The van der Waals surface area contributed by atoms with Crippen molar-refractivity contribution in [3.8, 4) is 0 Å². The third kappa shape index (κ3) is 6.46. The number of carbonyl (C=O) groups is 3. The SMILES string of the molecule is CCNC(=O)N[C@@H]1CCN(C(=O)C2(Sc3ccc(C)cc3)CC(=O)N(Cc3ccc(Br)cc3)[C@H]2c2c[nH]c3cc(Cl)ccc23)C1. The lowest BCUT2D eigenvalue weighted by molar-refractivity contribution is -0.133. The molecule has 0 aliphatic carbocycles. The molecular formula is C34H35BrClN5O3S. The molecule has 2 fully saturated rings. The summed E-state index contributed by atoms with van der Waals surface area (Å²) in [4.78, 5) is 49.5. The standard InChI is InChI=1S/C34H35BrClN5O3S/c1-3-37-33(44)39-25-14-15-40(20-25)32(43)34(45-26-11-4-21(2)5-12-26)17-30(42)41(19-22-6-8-23(35)9-7-22)31(34)28-18-38-29-16-24(36)10-13-27(28)29/h4-13,16,18,25,31,38H,3,14-15,17,19-20H2,1-2H3,(H2,37,39,44)/t25-,31+,34?/m1/s1. The molecule has 2 saturated heterocycles. The van der Waals surface area contributed by atoms with Crippen molar-refractivity contribution in [3.63, 3.8) is 0 Å². The van der Waals surface area contributed by atoms with E-state index in [9.17, 15) is 9.59 Å². The zero-order chi connectivity index (χ0) is 31.7. The van der Waals surface area contributed by atoms with Gasteiger partial charge in [-0.05, 0) is 62.2 Å². The second-order valence-electron chi connectivity index (χ2n) is 11.7. The van der Waals surface area contributed by atoms with E-state index in [1.54, 1.807) is 0 Å². The number of amides is 4. The maximum Gasteiger partial charge on any atom is 0.315 e. The van der Waals surface area contributed by atoms with Crippen molar-refractivity contribution in [1.82, 2.24) is 25.4 Å². The van der Waals surface area contributed by atoms with Gasteiger partial charge in [-0.3, -0.25) is 9.59 Å². The smallest absolute Gasteiger partial charge is 0.315 e. The largest absolute Gasteiger partial charge is 0.361 e. The first-order valence-electron chi connectivity index (χ1n) is 15.1. The summed E-state index contributed by atoms with van der Waals surface area (Å²) in [5.74, 6) is -0.191. The molecular weight excluding hydrogens is 674 g/mol. The molecule has 0 spiro atoms. The predicted molar refractivity (Wildman–Crippen MR) is 182 cm³/mol. The van der Waals surface area contributed by atoms with Gasteiger partial charge in [0.15, 0.2) is 0 Å². The van der Waals surface area contributed by atoms with Crippen LogP contribution in [0.5, 0.6) is 0 Å². The molecule has 4 amide bonds. The molecule has 0 radical (unpaired) electrons. The number of halogens is 2. The van der Waals surface area contributed by atoms with Gasteiger partial charge in [0.2, 0.25) is 11.8 Å². The summed E-state index contributed by atoms with van der Waals surface area (Å²) in [5, 5.41) is 7.29. The average molecular weight is 709 g/mol. The lowest BCUT2D eigenvalue weighted by Crippen LogP contribution is -2.50. The molecule has 4 aromatic rings. The fraction of sp³-hybridized carbons (Fsp3) is 0.324. The normalized spacial score (nSPS) is 21.5. The van der Waals surface area contributed by atoms with E-state index in [0.29, 0.717) is 37.6 Å². The molecule has 11 heteroatoms. The summed E-state index contributed by atoms with van der Waals surface area (Å²) >= 11 is 11.3. The molecule has 6 rings (SSSR count). The number of thioether (sulfide) groups is 1. The van der Waals surface area contributed by atoms with Crippen LogP contribution >= 0.6 is 39.3 Å². The molecule has 3 aromatic carbocycles. The lowest BCUT2D eigenvalue weighted by Gasteiger charge is -2.38. The number of nitrogens with one attached hydrogen (secondary N) is 3. The van der Waals surface area contributed by atoms with E-state index in [0.717, 1.165) is 37.0 Å². The van der Waals surface area contributed by atoms with Crippen LogP contribution in [0.15, 0.2) is 82.3 Å². The van der Waals surface area contributed by atoms with Crippen molar-refractivity contribution < 1.29 is 14.4 Å². The fourth-order valence-corrected chi connectivity index (χ4v) is 8.33. The molecule has 234 valence electrons. The van der Waals surface area contributed by atoms with Gasteiger partial charge in [-0.2, -0.15) is 0 Å². The number of likely N-dealkylation sites (tertiary alicyclic amines) is 2. The topological polar surface area (TPSA) is 97.5 Å². The first-order chi connectivity index (χ1) is 21.7. The lowest BCUT2D eigenvalue weighted by atomic mass is 9.90. The van der Waals surface area contributed by atoms with E-state index in [1.807, 2.05) is 96.6 Å². The van der Waals surface area contributed by atoms with Gasteiger partial charge in [0.25, 0.3) is 0 Å². The maximum atomic E-state index is 15.0. The molecule has 1 unspecified atom stereocenters. The third-order valence-electron chi connectivity index (χ3n) is 8.56. The van der Waals surface area contributed by atoms with Gasteiger partial charge in [-0.25, -0.2) is 4.79 Å². The van der Waals surface area contributed by atoms with Crippen molar-refractivity contribution in [2.45, 2.75) is 55.0 Å². The summed E-state index contributed by atoms with van der Waals surface area (Å²) in [5.41, 5.74) is 3.79. The maximum absolute atomic E-state index is 15.0. The van der Waals surface area contributed by atoms with Gasteiger partial charge < -0.3 is 25.4 Å². The highest BCUT2D eigenvalue weighted by Crippen LogP contribution is 2.55. The molecule has 3 heterocycles. The first-order valence-corrected chi connectivity index (χ1v) is 17.1. The second-order valence-corrected chi connectivity index (χ2v) is 14.5. The third-order valence-corrected chi connectivity index (χ3v) is 10.7. The Bertz CT molecular complexity index is 1730. The van der Waals surface area contributed by atoms with Crippen LogP contribution in [0, 0.1) is 6.92 Å². The zero-order valence-corrected chi connectivity index (χ0v) is 28.3. The van der Waals surface area contributed by atoms with E-state index in [2.05, 4.69) is 31.5 Å². The molecule has 45 heavy (non-hydrogen) atoms. The van der Waals surface area contributed by atoms with E-state index in [4.69, 9.17) is 11.6 Å². The number of rotatable bonds is 8. The number of carbonyl (C=O) groups excluding carboxylic acids is 3. The van der Waals surface area contributed by atoms with Crippen LogP contribution in [0.25, 0.3) is 10.9 Å². The van der Waals surface area contributed by atoms with E-state index < -0.39 is 10.8 Å². The number of H-pyrrole nitrogens is 1. The molecule has 0 saturated carbocycles. The summed E-state index contributed by atoms with van der Waals surface area (Å²) in [7, 11) is 0. The molecule has 3 N–H and O–H groups in total. The van der Waals surface area contributed by atoms with Crippen molar-refractivity contribution >= 4 is 68.0 Å². The summed E-state index contributed by atoms with van der Waals surface area (Å²) in [6, 6.07) is 20.7. The van der Waals surface area contributed by atoms with Gasteiger partial charge >= 0.3 is 6.03 Å². The van der Waals surface area contributed by atoms with Gasteiger partial charge in [0.1, 0.15) is 4.75 Å². The zero-order valence-electron chi connectivity index (χ0n) is 25.1. The Hall–Kier alpha value is -3.47. The predicted octanol–water partition coefficient (Wildman–Crippen LogP) is 6.82. The first kappa shape index (κ1) is 31.5. The minimum Gasteiger partial charge on any atom is -0.361 e. The van der Waals surface area contributed by atoms with Crippen molar-refractivity contribution in [1.29, 1.82) is 0 Å². The Balaban J connectivity index is 1.46. The van der Waals surface area contributed by atoms with Gasteiger partial charge in [-0.15, -0.1) is 11.8 Å². The van der Waals surface area contributed by atoms with E-state index >= 15 is 4.79 Å². The molecule has 2 aliphatic rings. The van der Waals surface area contributed by atoms with Crippen LogP contribution in [0.2, 0.25) is 5.02 Å². The van der Waals surface area contributed by atoms with Crippen molar-refractivity contribution in [2.24, 2.45) is 0 Å². The quantitative estimate of drug-likeness (QED) is 0.187. The number of nitrogens with zero attached hydrogens (tertiary/aromatic N) is 2. The molecule has 8 nitrogen and oxygen atoms in total. The fourth-order valence-electron chi connectivity index (χ4n) is 6.42. The number of fused-ring (bicyclic) bond motifs is 1. The average Bonchev–Trinajstić information content (AvgIpc) is 3.71. The van der Waals surface area contributed by atoms with Crippen LogP contribution in [0.3, 0.4) is 0 Å². The highest BCUT2D eigenvalue weighted by atomic mass is 79.9. The highest BCUT2D eigenvalue weighted by Gasteiger charge is 2.60. The summed E-state index contributed by atoms with van der Waals surface area (Å²) in [6.45, 7) is 5.63. The van der Waals surface area contributed by atoms with Crippen LogP contribution in [-0.4, -0.2) is 63.1 Å². The Morgan fingerprint density at radius 2 is 1.87 bits per heavy atom. The van der Waals surface area contributed by atoms with E-state index in [1.165, 1.54) is 11.8 Å². The number of aromatic nitrogens is 1. The molecule has 2 aliphatic heterocycles. The van der Waals surface area contributed by atoms with Gasteiger partial charge in [-0.1, -0.05) is 63.4 Å². The van der Waals surface area contributed by atoms with Crippen molar-refractivity contribution in [2.75, 3.05) is 19.6 Å². The number of aryl methyl sites for hydroxylation is 1. The van der Waals surface area contributed by atoms with Gasteiger partial charge in [0.05, 0.1) is 12.5 Å². The minimum absolute atomic E-state index is 0.0384. The summed E-state index contributed by atoms with van der Waals surface area (Å²) < 4.78 is -0.217. The minimum atomic E-state index is -1.17. The molecule has 0 bridgehead atoms. The number of benzene rings is 3. The highest BCUT2D eigenvalue weighted by molar-refractivity contribution is 9.10. The number of hydrogen-bond acceptors (Lipinski definition) is 4. The monoisotopic (exact) mass is 707 g/mol. The Morgan fingerprint density at radius 1 is 1.11 bits per heavy atom. The number of aromatic amines is 1. The van der Waals surface area contributed by atoms with Crippen LogP contribution in [-0.2, 0) is 16.1 Å². The van der Waals surface area contributed by atoms with Crippen LogP contribution in [0.1, 0.15) is 42.5 Å². The van der Waals surface area contributed by atoms with Crippen molar-refractivity contribution in [3.05, 3.63) is 99.1 Å². The Labute approximate surface area is 280 Å². The van der Waals surface area contributed by atoms with E-state index in [-0.39, 0.29) is 30.3 Å². The summed E-state index contributed by atoms with van der Waals surface area (Å²) in [6.07, 6.45) is 2.59. The Kier molecular flexibility index (Phi) is 9.17. The molecule has 1 aromatic heterocycles. The number of hydrogen-bond donors (Lipinski definition) is 3. The Morgan fingerprint density at radius 3 is 2.60 bits per heavy atom. The van der Waals surface area contributed by atoms with Crippen LogP contribution in [0.4, 0.5) is 4.79 Å². The molecule has 3 atom stereocenters. The van der Waals surface area contributed by atoms with Crippen LogP contribution < -0.4 is 10.6 Å². The second kappa shape index (κ2) is 13.1. The number of urea groups is 1.